The first kappa shape index (κ1) is 15.7. The summed E-state index contributed by atoms with van der Waals surface area (Å²) in [7, 11) is 1.67. The van der Waals surface area contributed by atoms with Crippen molar-refractivity contribution < 1.29 is 14.3 Å². The molecule has 1 aromatic carbocycles. The van der Waals surface area contributed by atoms with E-state index in [0.717, 1.165) is 25.1 Å². The Morgan fingerprint density at radius 1 is 1.33 bits per heavy atom. The van der Waals surface area contributed by atoms with Crippen LogP contribution in [-0.2, 0) is 4.74 Å². The van der Waals surface area contributed by atoms with Gasteiger partial charge in [-0.15, -0.1) is 0 Å². The fourth-order valence-electron chi connectivity index (χ4n) is 2.64. The third-order valence-corrected chi connectivity index (χ3v) is 3.64. The van der Waals surface area contributed by atoms with Crippen LogP contribution in [0.1, 0.15) is 45.1 Å². The van der Waals surface area contributed by atoms with Gasteiger partial charge in [-0.25, -0.2) is 4.79 Å². The maximum absolute atomic E-state index is 12.2. The molecular weight excluding hydrogens is 266 g/mol. The van der Waals surface area contributed by atoms with Gasteiger partial charge < -0.3 is 14.4 Å². The second-order valence-corrected chi connectivity index (χ2v) is 6.54. The molecule has 116 valence electrons. The molecule has 21 heavy (non-hydrogen) atoms. The lowest BCUT2D eigenvalue weighted by Crippen LogP contribution is -2.42. The predicted octanol–water partition coefficient (Wildman–Crippen LogP) is 3.81. The van der Waals surface area contributed by atoms with E-state index in [4.69, 9.17) is 9.47 Å². The summed E-state index contributed by atoms with van der Waals surface area (Å²) in [5.41, 5.74) is 0.780. The van der Waals surface area contributed by atoms with Crippen molar-refractivity contribution in [2.75, 3.05) is 20.2 Å². The molecule has 1 aliphatic heterocycles. The molecule has 0 spiro atoms. The molecule has 1 fully saturated rings. The number of carbonyl (C=O) groups is 1. The number of ether oxygens (including phenoxy) is 2. The van der Waals surface area contributed by atoms with Gasteiger partial charge in [0.2, 0.25) is 0 Å². The number of rotatable bonds is 2. The van der Waals surface area contributed by atoms with Crippen molar-refractivity contribution in [1.29, 1.82) is 0 Å². The molecule has 1 atom stereocenters. The van der Waals surface area contributed by atoms with Crippen LogP contribution in [-0.4, -0.2) is 36.8 Å². The first-order chi connectivity index (χ1) is 9.89. The van der Waals surface area contributed by atoms with Crippen molar-refractivity contribution in [3.8, 4) is 5.75 Å². The number of amides is 1. The van der Waals surface area contributed by atoms with E-state index in [2.05, 4.69) is 12.1 Å². The van der Waals surface area contributed by atoms with Gasteiger partial charge in [-0.1, -0.05) is 12.1 Å². The summed E-state index contributed by atoms with van der Waals surface area (Å²) in [6.45, 7) is 7.18. The summed E-state index contributed by atoms with van der Waals surface area (Å²) in [4.78, 5) is 14.0. The SMILES string of the molecule is COc1cccc([C@H]2CCCN(C(=O)OC(C)(C)C)C2)c1. The van der Waals surface area contributed by atoms with Gasteiger partial charge in [-0.2, -0.15) is 0 Å². The van der Waals surface area contributed by atoms with Crippen LogP contribution in [0.2, 0.25) is 0 Å². The van der Waals surface area contributed by atoms with E-state index in [1.165, 1.54) is 5.56 Å². The molecule has 2 rings (SSSR count). The van der Waals surface area contributed by atoms with Gasteiger partial charge in [-0.05, 0) is 51.3 Å². The Labute approximate surface area is 127 Å². The number of likely N-dealkylation sites (tertiary alicyclic amines) is 1. The first-order valence-corrected chi connectivity index (χ1v) is 7.51. The average molecular weight is 291 g/mol. The van der Waals surface area contributed by atoms with Gasteiger partial charge in [-0.3, -0.25) is 0 Å². The van der Waals surface area contributed by atoms with Crippen molar-refractivity contribution in [2.45, 2.75) is 45.1 Å². The van der Waals surface area contributed by atoms with Crippen LogP contribution in [0.5, 0.6) is 5.75 Å². The van der Waals surface area contributed by atoms with Gasteiger partial charge in [0.25, 0.3) is 0 Å². The number of nitrogens with zero attached hydrogens (tertiary/aromatic N) is 1. The molecular formula is C17H25NO3. The maximum atomic E-state index is 12.2. The number of hydrogen-bond acceptors (Lipinski definition) is 3. The van der Waals surface area contributed by atoms with Crippen LogP contribution in [0.15, 0.2) is 24.3 Å². The van der Waals surface area contributed by atoms with Gasteiger partial charge in [0, 0.05) is 19.0 Å². The molecule has 0 saturated carbocycles. The van der Waals surface area contributed by atoms with Crippen molar-refractivity contribution in [1.82, 2.24) is 4.90 Å². The van der Waals surface area contributed by atoms with E-state index in [9.17, 15) is 4.79 Å². The standard InChI is InChI=1S/C17H25NO3/c1-17(2,3)21-16(19)18-10-6-8-14(12-18)13-7-5-9-15(11-13)20-4/h5,7,9,11,14H,6,8,10,12H2,1-4H3/t14-/m0/s1. The zero-order valence-corrected chi connectivity index (χ0v) is 13.4. The summed E-state index contributed by atoms with van der Waals surface area (Å²) >= 11 is 0. The lowest BCUT2D eigenvalue weighted by molar-refractivity contribution is 0.0198. The average Bonchev–Trinajstić information content (AvgIpc) is 2.46. The Kier molecular flexibility index (Phi) is 4.76. The molecule has 0 aromatic heterocycles. The van der Waals surface area contributed by atoms with Crippen LogP contribution in [0, 0.1) is 0 Å². The second kappa shape index (κ2) is 6.37. The summed E-state index contributed by atoms with van der Waals surface area (Å²) < 4.78 is 10.7. The van der Waals surface area contributed by atoms with Gasteiger partial charge >= 0.3 is 6.09 Å². The predicted molar refractivity (Wildman–Crippen MR) is 82.8 cm³/mol. The molecule has 1 saturated heterocycles. The zero-order valence-electron chi connectivity index (χ0n) is 13.4. The third kappa shape index (κ3) is 4.38. The fourth-order valence-corrected chi connectivity index (χ4v) is 2.64. The largest absolute Gasteiger partial charge is 0.497 e. The number of piperidine rings is 1. The lowest BCUT2D eigenvalue weighted by atomic mass is 9.91. The summed E-state index contributed by atoms with van der Waals surface area (Å²) in [5, 5.41) is 0. The van der Waals surface area contributed by atoms with E-state index >= 15 is 0 Å². The van der Waals surface area contributed by atoms with Crippen molar-refractivity contribution >= 4 is 6.09 Å². The van der Waals surface area contributed by atoms with Crippen molar-refractivity contribution in [2.24, 2.45) is 0 Å². The van der Waals surface area contributed by atoms with Gasteiger partial charge in [0.1, 0.15) is 11.4 Å². The number of carbonyl (C=O) groups excluding carboxylic acids is 1. The van der Waals surface area contributed by atoms with Crippen LogP contribution in [0.3, 0.4) is 0 Å². The molecule has 1 aliphatic rings. The van der Waals surface area contributed by atoms with Crippen LogP contribution in [0.4, 0.5) is 4.79 Å². The molecule has 0 bridgehead atoms. The fraction of sp³-hybridized carbons (Fsp3) is 0.588. The van der Waals surface area contributed by atoms with E-state index in [1.54, 1.807) is 7.11 Å². The quantitative estimate of drug-likeness (QED) is 0.831. The smallest absolute Gasteiger partial charge is 0.410 e. The van der Waals surface area contributed by atoms with Crippen molar-refractivity contribution in [3.05, 3.63) is 29.8 Å². The number of benzene rings is 1. The molecule has 0 radical (unpaired) electrons. The van der Waals surface area contributed by atoms with Crippen LogP contribution < -0.4 is 4.74 Å². The minimum absolute atomic E-state index is 0.213. The highest BCUT2D eigenvalue weighted by atomic mass is 16.6. The minimum Gasteiger partial charge on any atom is -0.497 e. The van der Waals surface area contributed by atoms with E-state index in [-0.39, 0.29) is 6.09 Å². The van der Waals surface area contributed by atoms with E-state index in [0.29, 0.717) is 12.5 Å². The van der Waals surface area contributed by atoms with Crippen LogP contribution >= 0.6 is 0 Å². The summed E-state index contributed by atoms with van der Waals surface area (Å²) in [5.74, 6) is 1.21. The molecule has 1 heterocycles. The van der Waals surface area contributed by atoms with Gasteiger partial charge in [0.15, 0.2) is 0 Å². The number of hydrogen-bond donors (Lipinski definition) is 0. The Morgan fingerprint density at radius 3 is 2.76 bits per heavy atom. The number of methoxy groups -OCH3 is 1. The summed E-state index contributed by atoms with van der Waals surface area (Å²) in [6.07, 6.45) is 1.88. The third-order valence-electron chi connectivity index (χ3n) is 3.64. The molecule has 0 aliphatic carbocycles. The molecule has 4 heteroatoms. The topological polar surface area (TPSA) is 38.8 Å². The van der Waals surface area contributed by atoms with Crippen LogP contribution in [0.25, 0.3) is 0 Å². The lowest BCUT2D eigenvalue weighted by Gasteiger charge is -2.34. The van der Waals surface area contributed by atoms with Gasteiger partial charge in [0.05, 0.1) is 7.11 Å². The van der Waals surface area contributed by atoms with Crippen molar-refractivity contribution in [3.63, 3.8) is 0 Å². The molecule has 1 amide bonds. The minimum atomic E-state index is -0.444. The maximum Gasteiger partial charge on any atom is 0.410 e. The normalized spacial score (nSPS) is 19.2. The first-order valence-electron chi connectivity index (χ1n) is 7.51. The Balaban J connectivity index is 2.04. The Bertz CT molecular complexity index is 493. The summed E-state index contributed by atoms with van der Waals surface area (Å²) in [6, 6.07) is 8.10. The molecule has 0 unspecified atom stereocenters. The van der Waals surface area contributed by atoms with E-state index < -0.39 is 5.60 Å². The molecule has 1 aromatic rings. The monoisotopic (exact) mass is 291 g/mol. The zero-order chi connectivity index (χ0) is 15.5. The Morgan fingerprint density at radius 2 is 2.10 bits per heavy atom. The highest BCUT2D eigenvalue weighted by Crippen LogP contribution is 2.29. The molecule has 4 nitrogen and oxygen atoms in total. The second-order valence-electron chi connectivity index (χ2n) is 6.54. The van der Waals surface area contributed by atoms with E-state index in [1.807, 2.05) is 37.8 Å². The highest BCUT2D eigenvalue weighted by Gasteiger charge is 2.28. The Hall–Kier alpha value is -1.71. The molecule has 0 N–H and O–H groups in total. The highest BCUT2D eigenvalue weighted by molar-refractivity contribution is 5.68.